The lowest BCUT2D eigenvalue weighted by Crippen LogP contribution is -2.36. The van der Waals surface area contributed by atoms with Crippen LogP contribution in [-0.4, -0.2) is 34.3 Å². The van der Waals surface area contributed by atoms with Crippen molar-refractivity contribution in [3.8, 4) is 0 Å². The summed E-state index contributed by atoms with van der Waals surface area (Å²) in [5.74, 6) is 1.73. The van der Waals surface area contributed by atoms with Crippen molar-refractivity contribution in [1.82, 2.24) is 9.97 Å². The van der Waals surface area contributed by atoms with Gasteiger partial charge in [-0.25, -0.2) is 9.97 Å². The molecule has 1 fully saturated rings. The van der Waals surface area contributed by atoms with Crippen LogP contribution in [0.4, 0.5) is 11.6 Å². The first-order valence-electron chi connectivity index (χ1n) is 8.16. The number of rotatable bonds is 6. The molecule has 1 aliphatic carbocycles. The van der Waals surface area contributed by atoms with Crippen molar-refractivity contribution in [2.45, 2.75) is 63.9 Å². The van der Waals surface area contributed by atoms with E-state index in [0.29, 0.717) is 6.54 Å². The van der Waals surface area contributed by atoms with Crippen LogP contribution >= 0.6 is 0 Å². The Balaban J connectivity index is 2.08. The highest BCUT2D eigenvalue weighted by molar-refractivity contribution is 5.57. The molecule has 5 heteroatoms. The zero-order valence-electron chi connectivity index (χ0n) is 13.3. The van der Waals surface area contributed by atoms with E-state index in [1.165, 1.54) is 12.8 Å². The first-order chi connectivity index (χ1) is 10.2. The molecule has 2 rings (SSSR count). The van der Waals surface area contributed by atoms with Gasteiger partial charge in [0.05, 0.1) is 5.60 Å². The molecule has 21 heavy (non-hydrogen) atoms. The summed E-state index contributed by atoms with van der Waals surface area (Å²) in [5.41, 5.74) is 0.518. The van der Waals surface area contributed by atoms with E-state index < -0.39 is 5.60 Å². The number of anilines is 2. The lowest BCUT2D eigenvalue weighted by molar-refractivity contribution is 0.0380. The van der Waals surface area contributed by atoms with E-state index in [2.05, 4.69) is 27.5 Å². The molecule has 1 aliphatic rings. The Morgan fingerprint density at radius 3 is 2.43 bits per heavy atom. The Bertz CT molecular complexity index is 442. The average molecular weight is 292 g/mol. The Morgan fingerprint density at radius 2 is 1.81 bits per heavy atom. The number of nitrogens with one attached hydrogen (secondary N) is 2. The molecule has 1 aromatic heterocycles. The van der Waals surface area contributed by atoms with E-state index in [1.807, 2.05) is 7.05 Å². The molecular formula is C16H28N4O. The number of aromatic nitrogens is 2. The van der Waals surface area contributed by atoms with E-state index in [9.17, 15) is 5.11 Å². The summed E-state index contributed by atoms with van der Waals surface area (Å²) in [5, 5.41) is 17.2. The van der Waals surface area contributed by atoms with Gasteiger partial charge in [0.25, 0.3) is 0 Å². The summed E-state index contributed by atoms with van der Waals surface area (Å²) in [6.45, 7) is 2.72. The summed E-state index contributed by atoms with van der Waals surface area (Å²) in [7, 11) is 1.88. The van der Waals surface area contributed by atoms with Crippen molar-refractivity contribution in [2.24, 2.45) is 0 Å². The highest BCUT2D eigenvalue weighted by Crippen LogP contribution is 2.28. The summed E-state index contributed by atoms with van der Waals surface area (Å²) in [6, 6.07) is 0. The fraction of sp³-hybridized carbons (Fsp3) is 0.750. The molecule has 1 aromatic rings. The lowest BCUT2D eigenvalue weighted by Gasteiger charge is -2.27. The van der Waals surface area contributed by atoms with Crippen molar-refractivity contribution in [2.75, 3.05) is 24.2 Å². The highest BCUT2D eigenvalue weighted by atomic mass is 16.3. The van der Waals surface area contributed by atoms with Crippen molar-refractivity contribution >= 4 is 11.6 Å². The number of nitrogens with zero attached hydrogens (tertiary/aromatic N) is 2. The summed E-state index contributed by atoms with van der Waals surface area (Å²) in [4.78, 5) is 8.65. The van der Waals surface area contributed by atoms with Crippen LogP contribution in [-0.2, 0) is 6.42 Å². The van der Waals surface area contributed by atoms with Crippen LogP contribution in [0.2, 0.25) is 0 Å². The lowest BCUT2D eigenvalue weighted by atomic mass is 9.94. The Kier molecular flexibility index (Phi) is 5.79. The Hall–Kier alpha value is -1.36. The van der Waals surface area contributed by atoms with Gasteiger partial charge in [-0.3, -0.25) is 0 Å². The second kappa shape index (κ2) is 7.59. The molecule has 0 atom stereocenters. The molecule has 0 aliphatic heterocycles. The zero-order valence-corrected chi connectivity index (χ0v) is 13.3. The third kappa shape index (κ3) is 4.30. The molecule has 118 valence electrons. The van der Waals surface area contributed by atoms with Crippen molar-refractivity contribution in [1.29, 1.82) is 0 Å². The standard InChI is InChI=1S/C16H28N4O/c1-3-8-13-14(17-2)19-12-20-15(13)18-11-16(21)9-6-4-5-7-10-16/h12,21H,3-11H2,1-2H3,(H2,17,18,19,20). The molecule has 0 spiro atoms. The van der Waals surface area contributed by atoms with Crippen molar-refractivity contribution in [3.05, 3.63) is 11.9 Å². The van der Waals surface area contributed by atoms with Gasteiger partial charge in [-0.2, -0.15) is 0 Å². The molecule has 1 saturated carbocycles. The molecular weight excluding hydrogens is 264 g/mol. The third-order valence-corrected chi connectivity index (χ3v) is 4.30. The van der Waals surface area contributed by atoms with Gasteiger partial charge in [-0.15, -0.1) is 0 Å². The summed E-state index contributed by atoms with van der Waals surface area (Å²) in [6.07, 6.45) is 10.0. The van der Waals surface area contributed by atoms with Crippen LogP contribution in [0.1, 0.15) is 57.4 Å². The molecule has 0 aromatic carbocycles. The number of aliphatic hydroxyl groups is 1. The van der Waals surface area contributed by atoms with Crippen LogP contribution < -0.4 is 10.6 Å². The van der Waals surface area contributed by atoms with Gasteiger partial charge in [0.2, 0.25) is 0 Å². The van der Waals surface area contributed by atoms with Gasteiger partial charge in [-0.1, -0.05) is 39.0 Å². The van der Waals surface area contributed by atoms with Crippen LogP contribution in [0.15, 0.2) is 6.33 Å². The molecule has 0 amide bonds. The van der Waals surface area contributed by atoms with Crippen LogP contribution in [0.5, 0.6) is 0 Å². The smallest absolute Gasteiger partial charge is 0.134 e. The normalized spacial score (nSPS) is 18.0. The predicted molar refractivity (Wildman–Crippen MR) is 86.7 cm³/mol. The molecule has 1 heterocycles. The average Bonchev–Trinajstić information content (AvgIpc) is 2.71. The maximum absolute atomic E-state index is 10.7. The second-order valence-electron chi connectivity index (χ2n) is 6.04. The molecule has 5 nitrogen and oxygen atoms in total. The molecule has 0 bridgehead atoms. The van der Waals surface area contributed by atoms with Crippen LogP contribution in [0.3, 0.4) is 0 Å². The zero-order chi connectivity index (χ0) is 15.1. The van der Waals surface area contributed by atoms with E-state index in [-0.39, 0.29) is 0 Å². The maximum atomic E-state index is 10.7. The van der Waals surface area contributed by atoms with Crippen molar-refractivity contribution in [3.63, 3.8) is 0 Å². The predicted octanol–water partition coefficient (Wildman–Crippen LogP) is 2.97. The topological polar surface area (TPSA) is 70.1 Å². The SMILES string of the molecule is CCCc1c(NC)ncnc1NCC1(O)CCCCCC1. The quantitative estimate of drug-likeness (QED) is 0.703. The molecule has 0 radical (unpaired) electrons. The van der Waals surface area contributed by atoms with Gasteiger partial charge >= 0.3 is 0 Å². The van der Waals surface area contributed by atoms with Crippen LogP contribution in [0.25, 0.3) is 0 Å². The number of hydrogen-bond donors (Lipinski definition) is 3. The van der Waals surface area contributed by atoms with Gasteiger partial charge in [0.1, 0.15) is 18.0 Å². The molecule has 0 saturated heterocycles. The third-order valence-electron chi connectivity index (χ3n) is 4.30. The minimum atomic E-state index is -0.593. The minimum Gasteiger partial charge on any atom is -0.388 e. The summed E-state index contributed by atoms with van der Waals surface area (Å²) >= 11 is 0. The maximum Gasteiger partial charge on any atom is 0.134 e. The van der Waals surface area contributed by atoms with Gasteiger partial charge in [-0.05, 0) is 19.3 Å². The molecule has 0 unspecified atom stereocenters. The fourth-order valence-corrected chi connectivity index (χ4v) is 3.08. The van der Waals surface area contributed by atoms with E-state index in [4.69, 9.17) is 0 Å². The summed E-state index contributed by atoms with van der Waals surface area (Å²) < 4.78 is 0. The van der Waals surface area contributed by atoms with Gasteiger partial charge in [0.15, 0.2) is 0 Å². The van der Waals surface area contributed by atoms with E-state index >= 15 is 0 Å². The highest BCUT2D eigenvalue weighted by Gasteiger charge is 2.28. The first kappa shape index (κ1) is 16.0. The first-order valence-corrected chi connectivity index (χ1v) is 8.16. The monoisotopic (exact) mass is 292 g/mol. The van der Waals surface area contributed by atoms with Gasteiger partial charge < -0.3 is 15.7 Å². The second-order valence-corrected chi connectivity index (χ2v) is 6.04. The van der Waals surface area contributed by atoms with Gasteiger partial charge in [0, 0.05) is 19.2 Å². The Labute approximate surface area is 127 Å². The Morgan fingerprint density at radius 1 is 1.14 bits per heavy atom. The van der Waals surface area contributed by atoms with E-state index in [0.717, 1.165) is 55.7 Å². The fourth-order valence-electron chi connectivity index (χ4n) is 3.08. The van der Waals surface area contributed by atoms with Crippen molar-refractivity contribution < 1.29 is 5.11 Å². The largest absolute Gasteiger partial charge is 0.388 e. The van der Waals surface area contributed by atoms with Crippen LogP contribution in [0, 0.1) is 0 Å². The minimum absolute atomic E-state index is 0.573. The molecule has 3 N–H and O–H groups in total. The van der Waals surface area contributed by atoms with E-state index in [1.54, 1.807) is 6.33 Å². The number of hydrogen-bond acceptors (Lipinski definition) is 5.